The van der Waals surface area contributed by atoms with Gasteiger partial charge in [0, 0.05) is 34.1 Å². The summed E-state index contributed by atoms with van der Waals surface area (Å²) < 4.78 is 22.7. The van der Waals surface area contributed by atoms with Crippen molar-refractivity contribution in [3.8, 4) is 11.3 Å². The lowest BCUT2D eigenvalue weighted by Crippen LogP contribution is -2.31. The number of hydrogen-bond donors (Lipinski definition) is 0. The third-order valence-electron chi connectivity index (χ3n) is 8.66. The summed E-state index contributed by atoms with van der Waals surface area (Å²) in [4.78, 5) is 11.4. The highest BCUT2D eigenvalue weighted by Gasteiger charge is 2.38. The van der Waals surface area contributed by atoms with Gasteiger partial charge in [-0.3, -0.25) is 9.88 Å². The van der Waals surface area contributed by atoms with E-state index in [9.17, 15) is 0 Å². The van der Waals surface area contributed by atoms with Crippen molar-refractivity contribution >= 4 is 39.1 Å². The summed E-state index contributed by atoms with van der Waals surface area (Å²) in [5.41, 5.74) is 8.39. The van der Waals surface area contributed by atoms with Crippen molar-refractivity contribution < 1.29 is 8.81 Å². The molecule has 0 fully saturated rings. The molecular weight excluding hydrogens is 533 g/mol. The first kappa shape index (κ1) is 25.4. The van der Waals surface area contributed by atoms with E-state index in [1.165, 1.54) is 0 Å². The van der Waals surface area contributed by atoms with Gasteiger partial charge in [-0.15, -0.1) is 0 Å². The number of furan rings is 1. The molecule has 1 atom stereocenters. The van der Waals surface area contributed by atoms with Crippen LogP contribution < -0.4 is 4.90 Å². The van der Waals surface area contributed by atoms with Crippen LogP contribution in [0.5, 0.6) is 0 Å². The van der Waals surface area contributed by atoms with Crippen molar-refractivity contribution in [2.75, 3.05) is 4.90 Å². The highest BCUT2D eigenvalue weighted by atomic mass is 19.1. The molecule has 43 heavy (non-hydrogen) atoms. The van der Waals surface area contributed by atoms with E-state index in [1.54, 1.807) is 12.4 Å². The Kier molecular flexibility index (Phi) is 5.70. The van der Waals surface area contributed by atoms with Crippen LogP contribution in [0.4, 0.5) is 21.6 Å². The molecule has 4 aromatic carbocycles. The highest BCUT2D eigenvalue weighted by Crippen LogP contribution is 2.53. The average Bonchev–Trinajstić information content (AvgIpc) is 3.42. The standard InChI is InChI=1S/C38H28FN3O/c1-38(2)29-17-16-26(37(39)25-11-9-10-24(20-25)31-13-5-7-18-40-31)21-32(29)42(36-15-6-8-19-41-36)33-22-28-27-12-3-4-14-34(27)43-35(28)23-30(33)38/h3-23,37H,1-2H3. The Morgan fingerprint density at radius 2 is 1.42 bits per heavy atom. The first-order valence-electron chi connectivity index (χ1n) is 14.5. The molecule has 0 bridgehead atoms. The quantitative estimate of drug-likeness (QED) is 0.214. The zero-order valence-electron chi connectivity index (χ0n) is 23.8. The Hall–Kier alpha value is -5.29. The molecule has 3 aromatic heterocycles. The molecule has 0 spiro atoms. The maximum absolute atomic E-state index is 16.4. The summed E-state index contributed by atoms with van der Waals surface area (Å²) >= 11 is 0. The van der Waals surface area contributed by atoms with E-state index in [1.807, 2.05) is 91.0 Å². The summed E-state index contributed by atoms with van der Waals surface area (Å²) in [6.45, 7) is 4.44. The summed E-state index contributed by atoms with van der Waals surface area (Å²) in [5.74, 6) is 0.775. The highest BCUT2D eigenvalue weighted by molar-refractivity contribution is 6.07. The molecule has 0 N–H and O–H groups in total. The molecule has 1 aliphatic rings. The number of benzene rings is 4. The Morgan fingerprint density at radius 3 is 2.23 bits per heavy atom. The van der Waals surface area contributed by atoms with Crippen LogP contribution in [0.2, 0.25) is 0 Å². The summed E-state index contributed by atoms with van der Waals surface area (Å²) in [7, 11) is 0. The monoisotopic (exact) mass is 561 g/mol. The Labute approximate surface area is 249 Å². The molecule has 0 saturated carbocycles. The molecule has 7 aromatic rings. The van der Waals surface area contributed by atoms with Crippen molar-refractivity contribution in [3.63, 3.8) is 0 Å². The van der Waals surface area contributed by atoms with E-state index < -0.39 is 6.17 Å². The van der Waals surface area contributed by atoms with Gasteiger partial charge in [-0.2, -0.15) is 0 Å². The van der Waals surface area contributed by atoms with Crippen LogP contribution in [0.15, 0.2) is 132 Å². The third kappa shape index (κ3) is 4.03. The zero-order chi connectivity index (χ0) is 29.1. The number of alkyl halides is 1. The fourth-order valence-electron chi connectivity index (χ4n) is 6.45. The lowest BCUT2D eigenvalue weighted by molar-refractivity contribution is 0.402. The molecular formula is C38H28FN3O. The lowest BCUT2D eigenvalue weighted by atomic mass is 9.73. The van der Waals surface area contributed by atoms with Crippen LogP contribution in [0.1, 0.15) is 42.3 Å². The second-order valence-corrected chi connectivity index (χ2v) is 11.6. The Balaban J connectivity index is 1.31. The summed E-state index contributed by atoms with van der Waals surface area (Å²) in [6, 6.07) is 37.7. The number of hydrogen-bond acceptors (Lipinski definition) is 4. The van der Waals surface area contributed by atoms with Crippen molar-refractivity contribution in [3.05, 3.63) is 150 Å². The van der Waals surface area contributed by atoms with E-state index in [2.05, 4.69) is 48.0 Å². The van der Waals surface area contributed by atoms with Gasteiger partial charge in [0.25, 0.3) is 0 Å². The van der Waals surface area contributed by atoms with Crippen LogP contribution in [-0.4, -0.2) is 9.97 Å². The van der Waals surface area contributed by atoms with Crippen molar-refractivity contribution in [2.24, 2.45) is 0 Å². The van der Waals surface area contributed by atoms with Gasteiger partial charge in [-0.1, -0.05) is 74.5 Å². The van der Waals surface area contributed by atoms with E-state index in [4.69, 9.17) is 9.40 Å². The van der Waals surface area contributed by atoms with Gasteiger partial charge in [-0.05, 0) is 76.9 Å². The minimum absolute atomic E-state index is 0.369. The second kappa shape index (κ2) is 9.63. The maximum atomic E-state index is 16.4. The molecule has 8 rings (SSSR count). The van der Waals surface area contributed by atoms with Gasteiger partial charge in [-0.25, -0.2) is 9.37 Å². The second-order valence-electron chi connectivity index (χ2n) is 11.6. The van der Waals surface area contributed by atoms with Gasteiger partial charge < -0.3 is 4.42 Å². The maximum Gasteiger partial charge on any atom is 0.150 e. The van der Waals surface area contributed by atoms with Crippen LogP contribution in [-0.2, 0) is 5.41 Å². The Bertz CT molecular complexity index is 2140. The van der Waals surface area contributed by atoms with E-state index in [-0.39, 0.29) is 5.41 Å². The Morgan fingerprint density at radius 1 is 0.651 bits per heavy atom. The van der Waals surface area contributed by atoms with Crippen LogP contribution in [0.3, 0.4) is 0 Å². The molecule has 5 heteroatoms. The van der Waals surface area contributed by atoms with Crippen LogP contribution in [0.25, 0.3) is 33.2 Å². The molecule has 4 heterocycles. The molecule has 0 saturated heterocycles. The minimum atomic E-state index is -1.32. The first-order valence-corrected chi connectivity index (χ1v) is 14.5. The number of para-hydroxylation sites is 1. The predicted molar refractivity (Wildman–Crippen MR) is 171 cm³/mol. The number of nitrogens with zero attached hydrogens (tertiary/aromatic N) is 3. The summed E-state index contributed by atoms with van der Waals surface area (Å²) in [6.07, 6.45) is 2.24. The first-order chi connectivity index (χ1) is 21.0. The topological polar surface area (TPSA) is 42.2 Å². The largest absolute Gasteiger partial charge is 0.456 e. The van der Waals surface area contributed by atoms with Crippen molar-refractivity contribution in [2.45, 2.75) is 25.4 Å². The van der Waals surface area contributed by atoms with E-state index >= 15 is 4.39 Å². The van der Waals surface area contributed by atoms with Crippen molar-refractivity contribution in [1.29, 1.82) is 0 Å². The van der Waals surface area contributed by atoms with Gasteiger partial charge >= 0.3 is 0 Å². The number of halogens is 1. The zero-order valence-corrected chi connectivity index (χ0v) is 23.8. The molecule has 0 radical (unpaired) electrons. The lowest BCUT2D eigenvalue weighted by Gasteiger charge is -2.41. The number of pyridine rings is 2. The van der Waals surface area contributed by atoms with Gasteiger partial charge in [0.05, 0.1) is 17.1 Å². The van der Waals surface area contributed by atoms with E-state index in [0.29, 0.717) is 11.1 Å². The average molecular weight is 562 g/mol. The fraction of sp³-hybridized carbons (Fsp3) is 0.105. The minimum Gasteiger partial charge on any atom is -0.456 e. The third-order valence-corrected chi connectivity index (χ3v) is 8.66. The molecule has 0 amide bonds. The number of rotatable bonds is 4. The van der Waals surface area contributed by atoms with Gasteiger partial charge in [0.1, 0.15) is 17.0 Å². The molecule has 1 unspecified atom stereocenters. The number of anilines is 3. The number of aromatic nitrogens is 2. The van der Waals surface area contributed by atoms with E-state index in [0.717, 1.165) is 61.5 Å². The fourth-order valence-corrected chi connectivity index (χ4v) is 6.45. The predicted octanol–water partition coefficient (Wildman–Crippen LogP) is 10.2. The molecule has 4 nitrogen and oxygen atoms in total. The number of fused-ring (bicyclic) bond motifs is 5. The van der Waals surface area contributed by atoms with Crippen molar-refractivity contribution in [1.82, 2.24) is 9.97 Å². The SMILES string of the molecule is CC1(C)c2ccc(C(F)c3cccc(-c4ccccn4)c3)cc2N(c2ccccn2)c2cc3c(cc21)oc1ccccc13. The molecule has 1 aliphatic heterocycles. The molecule has 208 valence electrons. The molecule has 0 aliphatic carbocycles. The smallest absolute Gasteiger partial charge is 0.150 e. The van der Waals surface area contributed by atoms with Crippen LogP contribution in [0, 0.1) is 0 Å². The normalized spacial score (nSPS) is 14.4. The van der Waals surface area contributed by atoms with Gasteiger partial charge in [0.2, 0.25) is 0 Å². The van der Waals surface area contributed by atoms with Gasteiger partial charge in [0.15, 0.2) is 6.17 Å². The van der Waals surface area contributed by atoms with Crippen LogP contribution >= 0.6 is 0 Å². The summed E-state index contributed by atoms with van der Waals surface area (Å²) in [5, 5.41) is 2.11.